The molecule has 0 aromatic carbocycles. The third-order valence-corrected chi connectivity index (χ3v) is 2.98. The number of esters is 1. The number of ether oxygens (including phenoxy) is 1. The van der Waals surface area contributed by atoms with E-state index in [1.54, 1.807) is 13.8 Å². The summed E-state index contributed by atoms with van der Waals surface area (Å²) in [4.78, 5) is 37.9. The first-order valence-corrected chi connectivity index (χ1v) is 6.33. The van der Waals surface area contributed by atoms with E-state index in [1.807, 2.05) is 0 Å². The molecule has 98 valence electrons. The first-order valence-electron chi connectivity index (χ1n) is 5.51. The van der Waals surface area contributed by atoms with Crippen LogP contribution in [-0.4, -0.2) is 29.3 Å². The number of carbonyl (C=O) groups is 3. The van der Waals surface area contributed by atoms with E-state index in [4.69, 9.17) is 4.74 Å². The van der Waals surface area contributed by atoms with Gasteiger partial charge in [-0.1, -0.05) is 6.92 Å². The van der Waals surface area contributed by atoms with Crippen LogP contribution in [0.25, 0.3) is 0 Å². The number of ketones is 1. The van der Waals surface area contributed by atoms with Crippen LogP contribution in [0.2, 0.25) is 0 Å². The summed E-state index contributed by atoms with van der Waals surface area (Å²) in [5, 5.41) is 2.99. The number of amides is 1. The first-order chi connectivity index (χ1) is 8.58. The molecule has 0 aliphatic rings. The number of aromatic nitrogens is 1. The Morgan fingerprint density at radius 3 is 2.72 bits per heavy atom. The molecule has 6 nitrogen and oxygen atoms in total. The first kappa shape index (κ1) is 14.3. The van der Waals surface area contributed by atoms with Gasteiger partial charge in [0.05, 0.1) is 19.3 Å². The van der Waals surface area contributed by atoms with Crippen molar-refractivity contribution in [1.82, 2.24) is 10.3 Å². The van der Waals surface area contributed by atoms with Gasteiger partial charge in [0, 0.05) is 6.42 Å². The van der Waals surface area contributed by atoms with Crippen LogP contribution in [0.15, 0.2) is 6.20 Å². The lowest BCUT2D eigenvalue weighted by molar-refractivity contribution is -0.137. The molecular weight excluding hydrogens is 256 g/mol. The zero-order valence-electron chi connectivity index (χ0n) is 10.2. The van der Waals surface area contributed by atoms with E-state index in [1.165, 1.54) is 6.20 Å². The van der Waals surface area contributed by atoms with E-state index in [0.717, 1.165) is 11.3 Å². The maximum absolute atomic E-state index is 11.4. The van der Waals surface area contributed by atoms with Crippen LogP contribution in [0, 0.1) is 0 Å². The number of hydrogen-bond donors (Lipinski definition) is 1. The van der Waals surface area contributed by atoms with Crippen molar-refractivity contribution >= 4 is 29.0 Å². The summed E-state index contributed by atoms with van der Waals surface area (Å²) in [6.45, 7) is 3.77. The Labute approximate surface area is 108 Å². The van der Waals surface area contributed by atoms with Gasteiger partial charge >= 0.3 is 5.97 Å². The van der Waals surface area contributed by atoms with Gasteiger partial charge in [-0.05, 0) is 6.92 Å². The Morgan fingerprint density at radius 1 is 1.39 bits per heavy atom. The summed E-state index contributed by atoms with van der Waals surface area (Å²) in [5.74, 6) is -1.54. The molecule has 0 radical (unpaired) electrons. The van der Waals surface area contributed by atoms with Crippen LogP contribution in [0.4, 0.5) is 0 Å². The van der Waals surface area contributed by atoms with E-state index < -0.39 is 17.7 Å². The molecule has 0 atom stereocenters. The molecule has 0 bridgehead atoms. The molecule has 1 N–H and O–H groups in total. The van der Waals surface area contributed by atoms with Gasteiger partial charge in [-0.25, -0.2) is 9.78 Å². The maximum atomic E-state index is 11.4. The molecule has 0 saturated carbocycles. The normalized spacial score (nSPS) is 9.89. The third-order valence-electron chi connectivity index (χ3n) is 2.00. The van der Waals surface area contributed by atoms with Crippen molar-refractivity contribution in [1.29, 1.82) is 0 Å². The molecule has 0 fully saturated rings. The number of carbonyl (C=O) groups excluding carboxylic acids is 3. The Hall–Kier alpha value is -1.76. The molecule has 0 aliphatic heterocycles. The monoisotopic (exact) mass is 270 g/mol. The van der Waals surface area contributed by atoms with Crippen LogP contribution in [-0.2, 0) is 20.9 Å². The van der Waals surface area contributed by atoms with Crippen molar-refractivity contribution in [2.75, 3.05) is 6.61 Å². The summed E-state index contributed by atoms with van der Waals surface area (Å²) in [6.07, 6.45) is 1.56. The number of Topliss-reactive ketones (excluding diaryl/α,β-unsaturated/α-hetero) is 1. The smallest absolute Gasteiger partial charge is 0.349 e. The Morgan fingerprint density at radius 2 is 2.11 bits per heavy atom. The summed E-state index contributed by atoms with van der Waals surface area (Å²) in [7, 11) is 0. The summed E-state index contributed by atoms with van der Waals surface area (Å²) in [5.41, 5.74) is 0. The Kier molecular flexibility index (Phi) is 5.44. The van der Waals surface area contributed by atoms with Crippen LogP contribution in [0.1, 0.15) is 34.9 Å². The minimum Gasteiger partial charge on any atom is -0.462 e. The maximum Gasteiger partial charge on any atom is 0.349 e. The SMILES string of the molecule is CCOC(=O)c1cnc(CNC(=O)C(=O)CC)s1. The Bertz CT molecular complexity index is 456. The molecule has 0 saturated heterocycles. The van der Waals surface area contributed by atoms with E-state index in [9.17, 15) is 14.4 Å². The molecule has 1 heterocycles. The fraction of sp³-hybridized carbons (Fsp3) is 0.455. The van der Waals surface area contributed by atoms with Gasteiger partial charge in [0.15, 0.2) is 0 Å². The predicted molar refractivity (Wildman–Crippen MR) is 65.2 cm³/mol. The number of nitrogens with one attached hydrogen (secondary N) is 1. The summed E-state index contributed by atoms with van der Waals surface area (Å²) >= 11 is 1.13. The fourth-order valence-electron chi connectivity index (χ4n) is 1.10. The van der Waals surface area contributed by atoms with Crippen molar-refractivity contribution in [3.63, 3.8) is 0 Å². The lowest BCUT2D eigenvalue weighted by atomic mass is 10.3. The second kappa shape index (κ2) is 6.85. The standard InChI is InChI=1S/C11H14N2O4S/c1-3-7(14)10(15)13-6-9-12-5-8(18-9)11(16)17-4-2/h5H,3-4,6H2,1-2H3,(H,13,15). The van der Waals surface area contributed by atoms with Crippen LogP contribution in [0.5, 0.6) is 0 Å². The van der Waals surface area contributed by atoms with Crippen LogP contribution < -0.4 is 5.32 Å². The molecular formula is C11H14N2O4S. The molecule has 0 unspecified atom stereocenters. The molecule has 0 aliphatic carbocycles. The van der Waals surface area contributed by atoms with Crippen molar-refractivity contribution in [3.05, 3.63) is 16.1 Å². The Balaban J connectivity index is 2.52. The highest BCUT2D eigenvalue weighted by Gasteiger charge is 2.14. The van der Waals surface area contributed by atoms with Gasteiger partial charge in [-0.2, -0.15) is 0 Å². The van der Waals surface area contributed by atoms with Gasteiger partial charge in [0.25, 0.3) is 5.91 Å². The highest BCUT2D eigenvalue weighted by Crippen LogP contribution is 2.13. The lowest BCUT2D eigenvalue weighted by Crippen LogP contribution is -2.29. The van der Waals surface area contributed by atoms with Gasteiger partial charge < -0.3 is 10.1 Å². The van der Waals surface area contributed by atoms with Crippen molar-refractivity contribution < 1.29 is 19.1 Å². The van der Waals surface area contributed by atoms with Crippen molar-refractivity contribution in [3.8, 4) is 0 Å². The average Bonchev–Trinajstić information content (AvgIpc) is 2.84. The summed E-state index contributed by atoms with van der Waals surface area (Å²) < 4.78 is 4.81. The zero-order valence-corrected chi connectivity index (χ0v) is 11.0. The van der Waals surface area contributed by atoms with E-state index in [0.29, 0.717) is 16.5 Å². The van der Waals surface area contributed by atoms with Crippen LogP contribution in [0.3, 0.4) is 0 Å². The van der Waals surface area contributed by atoms with E-state index >= 15 is 0 Å². The van der Waals surface area contributed by atoms with Gasteiger partial charge in [0.1, 0.15) is 9.88 Å². The van der Waals surface area contributed by atoms with Gasteiger partial charge in [0.2, 0.25) is 5.78 Å². The second-order valence-electron chi connectivity index (χ2n) is 3.30. The number of thiazole rings is 1. The number of hydrogen-bond acceptors (Lipinski definition) is 6. The zero-order chi connectivity index (χ0) is 13.5. The largest absolute Gasteiger partial charge is 0.462 e. The number of rotatable bonds is 6. The van der Waals surface area contributed by atoms with Gasteiger partial charge in [-0.3, -0.25) is 9.59 Å². The van der Waals surface area contributed by atoms with Crippen molar-refractivity contribution in [2.45, 2.75) is 26.8 Å². The van der Waals surface area contributed by atoms with Gasteiger partial charge in [-0.15, -0.1) is 11.3 Å². The minimum atomic E-state index is -0.634. The summed E-state index contributed by atoms with van der Waals surface area (Å²) in [6, 6.07) is 0. The fourth-order valence-corrected chi connectivity index (χ4v) is 1.85. The lowest BCUT2D eigenvalue weighted by Gasteiger charge is -1.99. The van der Waals surface area contributed by atoms with E-state index in [-0.39, 0.29) is 13.0 Å². The molecule has 1 aromatic heterocycles. The molecule has 0 spiro atoms. The molecule has 1 amide bonds. The van der Waals surface area contributed by atoms with E-state index in [2.05, 4.69) is 10.3 Å². The minimum absolute atomic E-state index is 0.134. The molecule has 18 heavy (non-hydrogen) atoms. The molecule has 1 aromatic rings. The van der Waals surface area contributed by atoms with Crippen molar-refractivity contribution in [2.24, 2.45) is 0 Å². The number of nitrogens with zero attached hydrogens (tertiary/aromatic N) is 1. The highest BCUT2D eigenvalue weighted by molar-refractivity contribution is 7.13. The highest BCUT2D eigenvalue weighted by atomic mass is 32.1. The predicted octanol–water partition coefficient (Wildman–Crippen LogP) is 0.915. The van der Waals surface area contributed by atoms with Crippen LogP contribution >= 0.6 is 11.3 Å². The topological polar surface area (TPSA) is 85.4 Å². The third kappa shape index (κ3) is 3.92. The molecule has 7 heteroatoms. The average molecular weight is 270 g/mol. The molecule has 1 rings (SSSR count). The quantitative estimate of drug-likeness (QED) is 0.613. The second-order valence-corrected chi connectivity index (χ2v) is 4.41.